The van der Waals surface area contributed by atoms with Crippen LogP contribution in [0.4, 0.5) is 0 Å². The van der Waals surface area contributed by atoms with Crippen LogP contribution in [0.5, 0.6) is 0 Å². The molecule has 5 nitrogen and oxygen atoms in total. The zero-order chi connectivity index (χ0) is 15.2. The molecule has 20 heavy (non-hydrogen) atoms. The summed E-state index contributed by atoms with van der Waals surface area (Å²) in [6, 6.07) is 8.09. The van der Waals surface area contributed by atoms with E-state index in [-0.39, 0.29) is 30.4 Å². The van der Waals surface area contributed by atoms with E-state index in [0.717, 1.165) is 6.42 Å². The highest BCUT2D eigenvalue weighted by molar-refractivity contribution is 5.85. The highest BCUT2D eigenvalue weighted by Gasteiger charge is 2.21. The van der Waals surface area contributed by atoms with Crippen molar-refractivity contribution >= 4 is 11.8 Å². The summed E-state index contributed by atoms with van der Waals surface area (Å²) >= 11 is 0. The lowest BCUT2D eigenvalue weighted by Gasteiger charge is -2.27. The fourth-order valence-corrected chi connectivity index (χ4v) is 2.00. The third-order valence-electron chi connectivity index (χ3n) is 3.00. The topological polar surface area (TPSA) is 84.2 Å². The molecule has 1 rings (SSSR count). The Labute approximate surface area is 119 Å². The van der Waals surface area contributed by atoms with E-state index in [1.54, 1.807) is 0 Å². The number of aryl methyl sites for hydroxylation is 1. The summed E-state index contributed by atoms with van der Waals surface area (Å²) in [4.78, 5) is 22.8. The maximum atomic E-state index is 11.8. The van der Waals surface area contributed by atoms with Crippen molar-refractivity contribution in [1.82, 2.24) is 10.6 Å². The minimum Gasteiger partial charge on any atom is -0.349 e. The molecule has 0 radical (unpaired) electrons. The van der Waals surface area contributed by atoms with E-state index in [9.17, 15) is 9.59 Å². The van der Waals surface area contributed by atoms with Gasteiger partial charge in [0.2, 0.25) is 11.8 Å². The Kier molecular flexibility index (Phi) is 5.70. The average molecular weight is 277 g/mol. The second-order valence-corrected chi connectivity index (χ2v) is 5.52. The summed E-state index contributed by atoms with van der Waals surface area (Å²) in [5.41, 5.74) is 7.18. The number of carbonyl (C=O) groups is 2. The normalized spacial score (nSPS) is 11.0. The van der Waals surface area contributed by atoms with Gasteiger partial charge in [0.1, 0.15) is 0 Å². The molecular formula is C15H23N3O2. The van der Waals surface area contributed by atoms with Gasteiger partial charge in [0.25, 0.3) is 0 Å². The zero-order valence-corrected chi connectivity index (χ0v) is 12.3. The minimum atomic E-state index is -0.378. The maximum Gasteiger partial charge on any atom is 0.239 e. The molecule has 0 fully saturated rings. The molecule has 0 saturated carbocycles. The molecule has 0 saturated heterocycles. The minimum absolute atomic E-state index is 0.0484. The first kappa shape index (κ1) is 16.2. The maximum absolute atomic E-state index is 11.8. The molecule has 5 heteroatoms. The van der Waals surface area contributed by atoms with Crippen LogP contribution in [-0.4, -0.2) is 30.4 Å². The van der Waals surface area contributed by atoms with E-state index in [0.29, 0.717) is 0 Å². The van der Waals surface area contributed by atoms with Gasteiger partial charge in [0.05, 0.1) is 13.1 Å². The largest absolute Gasteiger partial charge is 0.349 e. The monoisotopic (exact) mass is 277 g/mol. The molecule has 0 aliphatic carbocycles. The molecule has 0 aliphatic rings. The molecule has 0 aromatic heterocycles. The first-order chi connectivity index (χ1) is 9.34. The Hall–Kier alpha value is -1.88. The standard InChI is InChI=1S/C15H23N3O2/c1-11-6-4-5-7-12(11)8-15(2,3)18-14(20)10-17-13(19)9-16/h4-7H,8-10,16H2,1-3H3,(H,17,19)(H,18,20). The van der Waals surface area contributed by atoms with E-state index in [2.05, 4.69) is 29.7 Å². The SMILES string of the molecule is Cc1ccccc1CC(C)(C)NC(=O)CNC(=O)CN. The lowest BCUT2D eigenvalue weighted by Crippen LogP contribution is -2.49. The molecule has 0 heterocycles. The van der Waals surface area contributed by atoms with Gasteiger partial charge in [-0.05, 0) is 38.3 Å². The lowest BCUT2D eigenvalue weighted by atomic mass is 9.92. The highest BCUT2D eigenvalue weighted by Crippen LogP contribution is 2.15. The van der Waals surface area contributed by atoms with E-state index >= 15 is 0 Å². The number of benzene rings is 1. The summed E-state index contributed by atoms with van der Waals surface area (Å²) in [7, 11) is 0. The molecule has 1 aromatic rings. The molecule has 0 unspecified atom stereocenters. The molecule has 110 valence electrons. The van der Waals surface area contributed by atoms with Crippen molar-refractivity contribution < 1.29 is 9.59 Å². The first-order valence-electron chi connectivity index (χ1n) is 6.66. The van der Waals surface area contributed by atoms with Gasteiger partial charge in [-0.3, -0.25) is 9.59 Å². The van der Waals surface area contributed by atoms with Crippen molar-refractivity contribution in [2.24, 2.45) is 5.73 Å². The predicted octanol–water partition coefficient (Wildman–Crippen LogP) is 0.507. The quantitative estimate of drug-likeness (QED) is 0.708. The molecular weight excluding hydrogens is 254 g/mol. The number of hydrogen-bond acceptors (Lipinski definition) is 3. The zero-order valence-electron chi connectivity index (χ0n) is 12.3. The van der Waals surface area contributed by atoms with Gasteiger partial charge in [-0.25, -0.2) is 0 Å². The summed E-state index contributed by atoms with van der Waals surface area (Å²) in [5, 5.41) is 5.37. The van der Waals surface area contributed by atoms with Crippen molar-refractivity contribution in [1.29, 1.82) is 0 Å². The lowest BCUT2D eigenvalue weighted by molar-refractivity contribution is -0.126. The van der Waals surface area contributed by atoms with Crippen molar-refractivity contribution in [3.8, 4) is 0 Å². The Balaban J connectivity index is 2.55. The van der Waals surface area contributed by atoms with Crippen LogP contribution in [-0.2, 0) is 16.0 Å². The van der Waals surface area contributed by atoms with E-state index in [1.807, 2.05) is 26.0 Å². The average Bonchev–Trinajstić information content (AvgIpc) is 2.38. The van der Waals surface area contributed by atoms with Crippen LogP contribution >= 0.6 is 0 Å². The molecule has 1 aromatic carbocycles. The van der Waals surface area contributed by atoms with Gasteiger partial charge in [0, 0.05) is 5.54 Å². The molecule has 0 bridgehead atoms. The van der Waals surface area contributed by atoms with Gasteiger partial charge < -0.3 is 16.4 Å². The Morgan fingerprint density at radius 2 is 1.85 bits per heavy atom. The van der Waals surface area contributed by atoms with Crippen LogP contribution in [0.2, 0.25) is 0 Å². The van der Waals surface area contributed by atoms with Crippen LogP contribution < -0.4 is 16.4 Å². The van der Waals surface area contributed by atoms with Crippen molar-refractivity contribution in [2.75, 3.05) is 13.1 Å². The van der Waals surface area contributed by atoms with Crippen molar-refractivity contribution in [2.45, 2.75) is 32.7 Å². The van der Waals surface area contributed by atoms with Crippen LogP contribution in [0.15, 0.2) is 24.3 Å². The van der Waals surface area contributed by atoms with Crippen LogP contribution in [0.25, 0.3) is 0 Å². The number of rotatable bonds is 6. The smallest absolute Gasteiger partial charge is 0.239 e. The van der Waals surface area contributed by atoms with Crippen LogP contribution in [0, 0.1) is 6.92 Å². The molecule has 0 spiro atoms. The molecule has 2 amide bonds. The number of hydrogen-bond donors (Lipinski definition) is 3. The summed E-state index contributed by atoms with van der Waals surface area (Å²) < 4.78 is 0. The van der Waals surface area contributed by atoms with E-state index in [4.69, 9.17) is 5.73 Å². The Morgan fingerprint density at radius 1 is 1.20 bits per heavy atom. The number of nitrogens with two attached hydrogens (primary N) is 1. The van der Waals surface area contributed by atoms with Crippen molar-refractivity contribution in [3.05, 3.63) is 35.4 Å². The van der Waals surface area contributed by atoms with Gasteiger partial charge in [-0.2, -0.15) is 0 Å². The third-order valence-corrected chi connectivity index (χ3v) is 3.00. The second kappa shape index (κ2) is 7.05. The number of nitrogens with one attached hydrogen (secondary N) is 2. The van der Waals surface area contributed by atoms with Gasteiger partial charge >= 0.3 is 0 Å². The molecule has 0 aliphatic heterocycles. The first-order valence-corrected chi connectivity index (χ1v) is 6.66. The summed E-state index contributed by atoms with van der Waals surface area (Å²) in [5.74, 6) is -0.553. The Morgan fingerprint density at radius 3 is 2.45 bits per heavy atom. The highest BCUT2D eigenvalue weighted by atomic mass is 16.2. The van der Waals surface area contributed by atoms with Crippen LogP contribution in [0.1, 0.15) is 25.0 Å². The number of carbonyl (C=O) groups excluding carboxylic acids is 2. The third kappa shape index (κ3) is 5.40. The molecule has 4 N–H and O–H groups in total. The van der Waals surface area contributed by atoms with Gasteiger partial charge in [-0.1, -0.05) is 24.3 Å². The molecule has 0 atom stereocenters. The van der Waals surface area contributed by atoms with Crippen LogP contribution in [0.3, 0.4) is 0 Å². The van der Waals surface area contributed by atoms with Gasteiger partial charge in [0.15, 0.2) is 0 Å². The summed E-state index contributed by atoms with van der Waals surface area (Å²) in [6.45, 7) is 5.81. The van der Waals surface area contributed by atoms with E-state index < -0.39 is 0 Å². The fourth-order valence-electron chi connectivity index (χ4n) is 2.00. The summed E-state index contributed by atoms with van der Waals surface area (Å²) in [6.07, 6.45) is 0.732. The van der Waals surface area contributed by atoms with E-state index in [1.165, 1.54) is 11.1 Å². The number of amides is 2. The van der Waals surface area contributed by atoms with Crippen molar-refractivity contribution in [3.63, 3.8) is 0 Å². The predicted molar refractivity (Wildman–Crippen MR) is 79.2 cm³/mol. The Bertz CT molecular complexity index is 484. The second-order valence-electron chi connectivity index (χ2n) is 5.52. The fraction of sp³-hybridized carbons (Fsp3) is 0.467. The van der Waals surface area contributed by atoms with Gasteiger partial charge in [-0.15, -0.1) is 0 Å².